The van der Waals surface area contributed by atoms with E-state index in [9.17, 15) is 0 Å². The van der Waals surface area contributed by atoms with Gasteiger partial charge in [-0.1, -0.05) is 24.3 Å². The van der Waals surface area contributed by atoms with Crippen LogP contribution in [0.4, 0.5) is 0 Å². The first-order valence-corrected chi connectivity index (χ1v) is 8.47. The quantitative estimate of drug-likeness (QED) is 0.215. The van der Waals surface area contributed by atoms with E-state index in [4.69, 9.17) is 14.2 Å². The van der Waals surface area contributed by atoms with E-state index in [1.165, 1.54) is 11.1 Å². The van der Waals surface area contributed by atoms with Crippen molar-refractivity contribution >= 4 is 29.9 Å². The number of nitrogens with zero attached hydrogens (tertiary/aromatic N) is 1. The summed E-state index contributed by atoms with van der Waals surface area (Å²) in [7, 11) is 3.45. The lowest BCUT2D eigenvalue weighted by Crippen LogP contribution is -2.37. The molecule has 0 fully saturated rings. The summed E-state index contributed by atoms with van der Waals surface area (Å²) >= 11 is 0. The Bertz CT molecular complexity index is 473. The number of ether oxygens (including phenoxy) is 3. The maximum atomic E-state index is 5.52. The van der Waals surface area contributed by atoms with Gasteiger partial charge >= 0.3 is 0 Å². The lowest BCUT2D eigenvalue weighted by atomic mass is 10.1. The van der Waals surface area contributed by atoms with Crippen LogP contribution in [0.25, 0.3) is 0 Å². The van der Waals surface area contributed by atoms with Crippen molar-refractivity contribution in [1.82, 2.24) is 10.6 Å². The monoisotopic (exact) mass is 465 g/mol. The molecule has 0 atom stereocenters. The van der Waals surface area contributed by atoms with Crippen LogP contribution >= 0.6 is 24.0 Å². The molecule has 1 aromatic carbocycles. The third kappa shape index (κ3) is 11.4. The number of halogens is 1. The predicted octanol–water partition coefficient (Wildman–Crippen LogP) is 2.56. The van der Waals surface area contributed by atoms with E-state index in [0.717, 1.165) is 25.5 Å². The molecule has 0 amide bonds. The second-order valence-corrected chi connectivity index (χ2v) is 5.22. The Morgan fingerprint density at radius 3 is 2.48 bits per heavy atom. The standard InChI is InChI=1S/C18H31N3O3.HI/c1-4-23-15-17-9-6-5-8-16(17)14-21-18(19-2)20-10-7-11-24-13-12-22-3;/h5-6,8-9H,4,7,10-15H2,1-3H3,(H2,19,20,21);1H. The summed E-state index contributed by atoms with van der Waals surface area (Å²) in [6.07, 6.45) is 0.922. The van der Waals surface area contributed by atoms with Gasteiger partial charge in [-0.2, -0.15) is 0 Å². The maximum Gasteiger partial charge on any atom is 0.191 e. The minimum atomic E-state index is 0. The largest absolute Gasteiger partial charge is 0.382 e. The number of aliphatic imine (C=N–C) groups is 1. The predicted molar refractivity (Wildman–Crippen MR) is 113 cm³/mol. The van der Waals surface area contributed by atoms with Gasteiger partial charge in [0.25, 0.3) is 0 Å². The number of methoxy groups -OCH3 is 1. The first-order chi connectivity index (χ1) is 11.8. The first-order valence-electron chi connectivity index (χ1n) is 8.47. The van der Waals surface area contributed by atoms with Gasteiger partial charge in [-0.05, 0) is 24.5 Å². The van der Waals surface area contributed by atoms with Crippen LogP contribution in [-0.4, -0.2) is 53.1 Å². The number of nitrogens with one attached hydrogen (secondary N) is 2. The van der Waals surface area contributed by atoms with Crippen LogP contribution in [0.3, 0.4) is 0 Å². The number of guanidine groups is 1. The molecule has 2 N–H and O–H groups in total. The van der Waals surface area contributed by atoms with Crippen molar-refractivity contribution in [2.24, 2.45) is 4.99 Å². The number of hydrogen-bond acceptors (Lipinski definition) is 4. The van der Waals surface area contributed by atoms with E-state index in [2.05, 4.69) is 27.8 Å². The van der Waals surface area contributed by atoms with E-state index >= 15 is 0 Å². The van der Waals surface area contributed by atoms with Crippen LogP contribution in [0, 0.1) is 0 Å². The summed E-state index contributed by atoms with van der Waals surface area (Å²) in [4.78, 5) is 4.24. The average molecular weight is 465 g/mol. The molecule has 0 unspecified atom stereocenters. The Hall–Kier alpha value is -0.900. The highest BCUT2D eigenvalue weighted by Crippen LogP contribution is 2.09. The van der Waals surface area contributed by atoms with Crippen molar-refractivity contribution in [3.05, 3.63) is 35.4 Å². The lowest BCUT2D eigenvalue weighted by molar-refractivity contribution is 0.0698. The third-order valence-corrected chi connectivity index (χ3v) is 3.44. The summed E-state index contributed by atoms with van der Waals surface area (Å²) in [5.41, 5.74) is 2.42. The second-order valence-electron chi connectivity index (χ2n) is 5.22. The zero-order chi connectivity index (χ0) is 17.5. The van der Waals surface area contributed by atoms with Crippen molar-refractivity contribution < 1.29 is 14.2 Å². The Kier molecular flexibility index (Phi) is 16.0. The van der Waals surface area contributed by atoms with E-state index in [1.807, 2.05) is 19.1 Å². The number of rotatable bonds is 12. The van der Waals surface area contributed by atoms with Gasteiger partial charge in [-0.3, -0.25) is 4.99 Å². The van der Waals surface area contributed by atoms with Gasteiger partial charge in [0.05, 0.1) is 19.8 Å². The van der Waals surface area contributed by atoms with Gasteiger partial charge in [-0.15, -0.1) is 24.0 Å². The van der Waals surface area contributed by atoms with Gasteiger partial charge in [0.1, 0.15) is 0 Å². The van der Waals surface area contributed by atoms with Crippen LogP contribution in [0.2, 0.25) is 0 Å². The van der Waals surface area contributed by atoms with Gasteiger partial charge in [0, 0.05) is 40.5 Å². The lowest BCUT2D eigenvalue weighted by Gasteiger charge is -2.14. The third-order valence-electron chi connectivity index (χ3n) is 3.44. The molecule has 0 bridgehead atoms. The van der Waals surface area contributed by atoms with Crippen LogP contribution in [0.15, 0.2) is 29.3 Å². The van der Waals surface area contributed by atoms with E-state index in [1.54, 1.807) is 14.2 Å². The maximum absolute atomic E-state index is 5.52. The van der Waals surface area contributed by atoms with Gasteiger partial charge < -0.3 is 24.8 Å². The highest BCUT2D eigenvalue weighted by molar-refractivity contribution is 14.0. The number of hydrogen-bond donors (Lipinski definition) is 2. The molecule has 0 aromatic heterocycles. The fourth-order valence-electron chi connectivity index (χ4n) is 2.11. The Morgan fingerprint density at radius 1 is 1.04 bits per heavy atom. The molecule has 1 rings (SSSR count). The first kappa shape index (κ1) is 24.1. The van der Waals surface area contributed by atoms with Gasteiger partial charge in [0.2, 0.25) is 0 Å². The molecule has 0 spiro atoms. The Balaban J connectivity index is 0.00000576. The molecule has 144 valence electrons. The molecule has 0 radical (unpaired) electrons. The van der Waals surface area contributed by atoms with Crippen LogP contribution in [0.1, 0.15) is 24.5 Å². The van der Waals surface area contributed by atoms with Crippen LogP contribution < -0.4 is 10.6 Å². The van der Waals surface area contributed by atoms with Gasteiger partial charge in [-0.25, -0.2) is 0 Å². The molecule has 0 heterocycles. The number of benzene rings is 1. The van der Waals surface area contributed by atoms with Crippen molar-refractivity contribution in [3.8, 4) is 0 Å². The van der Waals surface area contributed by atoms with Crippen LogP contribution in [-0.2, 0) is 27.4 Å². The molecule has 7 heteroatoms. The average Bonchev–Trinajstić information content (AvgIpc) is 2.62. The van der Waals surface area contributed by atoms with E-state index in [-0.39, 0.29) is 24.0 Å². The Labute approximate surface area is 168 Å². The van der Waals surface area contributed by atoms with Gasteiger partial charge in [0.15, 0.2) is 5.96 Å². The minimum absolute atomic E-state index is 0. The smallest absolute Gasteiger partial charge is 0.191 e. The van der Waals surface area contributed by atoms with Crippen molar-refractivity contribution in [3.63, 3.8) is 0 Å². The fraction of sp³-hybridized carbons (Fsp3) is 0.611. The Morgan fingerprint density at radius 2 is 1.80 bits per heavy atom. The zero-order valence-corrected chi connectivity index (χ0v) is 17.9. The molecule has 0 saturated carbocycles. The van der Waals surface area contributed by atoms with E-state index in [0.29, 0.717) is 33.0 Å². The topological polar surface area (TPSA) is 64.1 Å². The molecule has 0 aliphatic carbocycles. The molecule has 25 heavy (non-hydrogen) atoms. The summed E-state index contributed by atoms with van der Waals surface area (Å²) in [6.45, 7) is 6.88. The van der Waals surface area contributed by atoms with E-state index < -0.39 is 0 Å². The highest BCUT2D eigenvalue weighted by Gasteiger charge is 2.03. The van der Waals surface area contributed by atoms with Crippen molar-refractivity contribution in [2.75, 3.05) is 47.1 Å². The fourth-order valence-corrected chi connectivity index (χ4v) is 2.11. The minimum Gasteiger partial charge on any atom is -0.382 e. The molecular formula is C18H32IN3O3. The van der Waals surface area contributed by atoms with Crippen molar-refractivity contribution in [1.29, 1.82) is 0 Å². The molecular weight excluding hydrogens is 433 g/mol. The molecule has 0 aliphatic heterocycles. The van der Waals surface area contributed by atoms with Crippen LogP contribution in [0.5, 0.6) is 0 Å². The SMILES string of the molecule is CCOCc1ccccc1CNC(=NC)NCCCOCCOC.I. The molecule has 0 aliphatic rings. The molecule has 6 nitrogen and oxygen atoms in total. The second kappa shape index (κ2) is 16.6. The van der Waals surface area contributed by atoms with Crippen molar-refractivity contribution in [2.45, 2.75) is 26.5 Å². The highest BCUT2D eigenvalue weighted by atomic mass is 127. The summed E-state index contributed by atoms with van der Waals surface area (Å²) in [6, 6.07) is 8.28. The normalized spacial score (nSPS) is 11.1. The summed E-state index contributed by atoms with van der Waals surface area (Å²) in [5, 5.41) is 6.63. The summed E-state index contributed by atoms with van der Waals surface area (Å²) in [5.74, 6) is 0.790. The molecule has 1 aromatic rings. The summed E-state index contributed by atoms with van der Waals surface area (Å²) < 4.78 is 15.9. The zero-order valence-electron chi connectivity index (χ0n) is 15.5. The molecule has 0 saturated heterocycles.